The normalized spacial score (nSPS) is 20.5. The zero-order valence-electron chi connectivity index (χ0n) is 15.2. The van der Waals surface area contributed by atoms with Gasteiger partial charge in [0.15, 0.2) is 0 Å². The van der Waals surface area contributed by atoms with Gasteiger partial charge in [0.2, 0.25) is 5.91 Å². The Kier molecular flexibility index (Phi) is 7.40. The number of rotatable bonds is 8. The van der Waals surface area contributed by atoms with Crippen molar-refractivity contribution in [1.29, 1.82) is 0 Å². The van der Waals surface area contributed by atoms with Gasteiger partial charge >= 0.3 is 5.97 Å². The summed E-state index contributed by atoms with van der Waals surface area (Å²) in [5.74, 6) is -1.02. The molecule has 6 nitrogen and oxygen atoms in total. The first-order valence-corrected chi connectivity index (χ1v) is 8.75. The summed E-state index contributed by atoms with van der Waals surface area (Å²) in [6, 6.07) is 9.02. The van der Waals surface area contributed by atoms with E-state index in [1.54, 1.807) is 7.11 Å². The molecule has 25 heavy (non-hydrogen) atoms. The fraction of sp³-hybridized carbons (Fsp3) is 0.579. The summed E-state index contributed by atoms with van der Waals surface area (Å²) in [6.07, 6.45) is 2.24. The Morgan fingerprint density at radius 1 is 1.28 bits per heavy atom. The summed E-state index contributed by atoms with van der Waals surface area (Å²) in [6.45, 7) is 2.78. The third kappa shape index (κ3) is 5.28. The quantitative estimate of drug-likeness (QED) is 0.693. The van der Waals surface area contributed by atoms with Crippen LogP contribution in [-0.2, 0) is 25.5 Å². The number of esters is 1. The lowest BCUT2D eigenvalue weighted by atomic mass is 9.95. The van der Waals surface area contributed by atoms with E-state index in [4.69, 9.17) is 9.47 Å². The highest BCUT2D eigenvalue weighted by atomic mass is 16.5. The second-order valence-corrected chi connectivity index (χ2v) is 6.47. The van der Waals surface area contributed by atoms with Crippen molar-refractivity contribution in [2.75, 3.05) is 20.8 Å². The predicted octanol–water partition coefficient (Wildman–Crippen LogP) is 1.29. The summed E-state index contributed by atoms with van der Waals surface area (Å²) < 4.78 is 10.4. The van der Waals surface area contributed by atoms with Crippen molar-refractivity contribution in [3.05, 3.63) is 35.9 Å². The highest BCUT2D eigenvalue weighted by molar-refractivity contribution is 5.86. The maximum atomic E-state index is 12.7. The smallest absolute Gasteiger partial charge is 0.328 e. The topological polar surface area (TPSA) is 76.7 Å². The zero-order valence-corrected chi connectivity index (χ0v) is 15.2. The molecule has 1 amide bonds. The summed E-state index contributed by atoms with van der Waals surface area (Å²) in [5.41, 5.74) is 0.964. The van der Waals surface area contributed by atoms with E-state index in [1.807, 2.05) is 37.3 Å². The van der Waals surface area contributed by atoms with Gasteiger partial charge in [-0.05, 0) is 24.9 Å². The number of hydrogen-bond donors (Lipinski definition) is 2. The van der Waals surface area contributed by atoms with Gasteiger partial charge in [0.1, 0.15) is 6.04 Å². The number of nitrogens with one attached hydrogen (secondary N) is 2. The number of benzene rings is 1. The molecule has 1 fully saturated rings. The number of carbonyl (C=O) groups is 2. The SMILES string of the molecule is COC(=O)[C@H](Cc1ccccc1)NC(=O)C(C)C(OC)C1CCCN1. The Labute approximate surface area is 149 Å². The van der Waals surface area contributed by atoms with Gasteiger partial charge in [-0.3, -0.25) is 4.79 Å². The fourth-order valence-corrected chi connectivity index (χ4v) is 3.35. The number of hydrogen-bond acceptors (Lipinski definition) is 5. The minimum absolute atomic E-state index is 0.163. The van der Waals surface area contributed by atoms with Crippen molar-refractivity contribution < 1.29 is 19.1 Å². The third-order valence-electron chi connectivity index (χ3n) is 4.76. The van der Waals surface area contributed by atoms with E-state index in [9.17, 15) is 9.59 Å². The molecule has 2 rings (SSSR count). The van der Waals surface area contributed by atoms with Crippen molar-refractivity contribution in [3.8, 4) is 0 Å². The summed E-state index contributed by atoms with van der Waals surface area (Å²) in [5, 5.41) is 6.21. The monoisotopic (exact) mass is 348 g/mol. The Morgan fingerprint density at radius 3 is 2.56 bits per heavy atom. The molecular formula is C19H28N2O4. The Hall–Kier alpha value is -1.92. The highest BCUT2D eigenvalue weighted by Gasteiger charge is 2.34. The number of methoxy groups -OCH3 is 2. The van der Waals surface area contributed by atoms with Crippen LogP contribution in [0.1, 0.15) is 25.3 Å². The number of ether oxygens (including phenoxy) is 2. The van der Waals surface area contributed by atoms with Gasteiger partial charge in [0.25, 0.3) is 0 Å². The zero-order chi connectivity index (χ0) is 18.2. The van der Waals surface area contributed by atoms with Gasteiger partial charge in [-0.15, -0.1) is 0 Å². The van der Waals surface area contributed by atoms with Crippen LogP contribution in [0.2, 0.25) is 0 Å². The Bertz CT molecular complexity index is 558. The third-order valence-corrected chi connectivity index (χ3v) is 4.76. The summed E-state index contributed by atoms with van der Waals surface area (Å²) in [7, 11) is 2.95. The number of amides is 1. The van der Waals surface area contributed by atoms with Crippen LogP contribution in [0.3, 0.4) is 0 Å². The van der Waals surface area contributed by atoms with E-state index in [-0.39, 0.29) is 24.0 Å². The van der Waals surface area contributed by atoms with Crippen LogP contribution in [0.25, 0.3) is 0 Å². The van der Waals surface area contributed by atoms with Gasteiger partial charge in [-0.1, -0.05) is 37.3 Å². The molecule has 1 saturated heterocycles. The molecule has 0 spiro atoms. The second-order valence-electron chi connectivity index (χ2n) is 6.47. The molecule has 0 bridgehead atoms. The predicted molar refractivity (Wildman–Crippen MR) is 95.1 cm³/mol. The summed E-state index contributed by atoms with van der Waals surface area (Å²) >= 11 is 0. The lowest BCUT2D eigenvalue weighted by Gasteiger charge is -2.28. The van der Waals surface area contributed by atoms with Gasteiger partial charge in [0, 0.05) is 19.6 Å². The van der Waals surface area contributed by atoms with Gasteiger partial charge in [0.05, 0.1) is 19.1 Å². The lowest BCUT2D eigenvalue weighted by molar-refractivity contribution is -0.146. The minimum Gasteiger partial charge on any atom is -0.467 e. The standard InChI is InChI=1S/C19H28N2O4/c1-13(17(24-2)15-10-7-11-20-15)18(22)21-16(19(23)25-3)12-14-8-5-4-6-9-14/h4-6,8-9,13,15-17,20H,7,10-12H2,1-3H3,(H,21,22)/t13?,15?,16-,17?/m0/s1. The van der Waals surface area contributed by atoms with E-state index < -0.39 is 12.0 Å². The van der Waals surface area contributed by atoms with Crippen molar-refractivity contribution >= 4 is 11.9 Å². The highest BCUT2D eigenvalue weighted by Crippen LogP contribution is 2.19. The first kappa shape index (κ1) is 19.4. The minimum atomic E-state index is -0.712. The van der Waals surface area contributed by atoms with Crippen molar-refractivity contribution in [2.24, 2.45) is 5.92 Å². The molecule has 138 valence electrons. The molecule has 1 aromatic rings. The first-order valence-electron chi connectivity index (χ1n) is 8.75. The largest absolute Gasteiger partial charge is 0.467 e. The van der Waals surface area contributed by atoms with Crippen molar-refractivity contribution in [3.63, 3.8) is 0 Å². The maximum absolute atomic E-state index is 12.7. The second kappa shape index (κ2) is 9.53. The molecular weight excluding hydrogens is 320 g/mol. The van der Waals surface area contributed by atoms with Crippen LogP contribution >= 0.6 is 0 Å². The molecule has 3 unspecified atom stereocenters. The average Bonchev–Trinajstić information content (AvgIpc) is 3.16. The van der Waals surface area contributed by atoms with E-state index in [2.05, 4.69) is 10.6 Å². The van der Waals surface area contributed by atoms with E-state index in [1.165, 1.54) is 7.11 Å². The van der Waals surface area contributed by atoms with Crippen LogP contribution in [0.4, 0.5) is 0 Å². The van der Waals surface area contributed by atoms with Crippen LogP contribution in [0.15, 0.2) is 30.3 Å². The van der Waals surface area contributed by atoms with E-state index in [0.717, 1.165) is 24.9 Å². The Balaban J connectivity index is 2.03. The molecule has 0 aromatic heterocycles. The molecule has 1 aliphatic rings. The average molecular weight is 348 g/mol. The van der Waals surface area contributed by atoms with E-state index >= 15 is 0 Å². The molecule has 1 aliphatic heterocycles. The molecule has 4 atom stereocenters. The van der Waals surface area contributed by atoms with Crippen LogP contribution < -0.4 is 10.6 Å². The lowest BCUT2D eigenvalue weighted by Crippen LogP contribution is -2.50. The van der Waals surface area contributed by atoms with Crippen molar-refractivity contribution in [1.82, 2.24) is 10.6 Å². The van der Waals surface area contributed by atoms with Crippen molar-refractivity contribution in [2.45, 2.75) is 44.4 Å². The molecule has 2 N–H and O–H groups in total. The molecule has 1 heterocycles. The molecule has 0 saturated carbocycles. The van der Waals surface area contributed by atoms with Gasteiger partial charge in [-0.25, -0.2) is 4.79 Å². The maximum Gasteiger partial charge on any atom is 0.328 e. The van der Waals surface area contributed by atoms with Crippen LogP contribution in [0, 0.1) is 5.92 Å². The molecule has 1 aromatic carbocycles. The first-order chi connectivity index (χ1) is 12.1. The number of carbonyl (C=O) groups excluding carboxylic acids is 2. The van der Waals surface area contributed by atoms with Gasteiger partial charge in [-0.2, -0.15) is 0 Å². The van der Waals surface area contributed by atoms with Gasteiger partial charge < -0.3 is 20.1 Å². The Morgan fingerprint density at radius 2 is 2.00 bits per heavy atom. The molecule has 6 heteroatoms. The summed E-state index contributed by atoms with van der Waals surface area (Å²) in [4.78, 5) is 24.8. The van der Waals surface area contributed by atoms with Crippen LogP contribution in [0.5, 0.6) is 0 Å². The molecule has 0 aliphatic carbocycles. The fourth-order valence-electron chi connectivity index (χ4n) is 3.35. The molecule has 0 radical (unpaired) electrons. The van der Waals surface area contributed by atoms with E-state index in [0.29, 0.717) is 6.42 Å². The van der Waals surface area contributed by atoms with Crippen LogP contribution in [-0.4, -0.2) is 50.8 Å².